The second-order valence-corrected chi connectivity index (χ2v) is 10.3. The van der Waals surface area contributed by atoms with Crippen LogP contribution in [-0.4, -0.2) is 90.8 Å². The van der Waals surface area contributed by atoms with E-state index in [1.165, 1.54) is 18.4 Å². The number of fused-ring (bicyclic) bond motifs is 1. The first-order chi connectivity index (χ1) is 18.9. The summed E-state index contributed by atoms with van der Waals surface area (Å²) in [5.41, 5.74) is 4.68. The van der Waals surface area contributed by atoms with Crippen LogP contribution >= 0.6 is 11.3 Å². The molecule has 0 bridgehead atoms. The summed E-state index contributed by atoms with van der Waals surface area (Å²) in [6.45, 7) is 4.50. The lowest BCUT2D eigenvalue weighted by molar-refractivity contribution is 0.0663. The summed E-state index contributed by atoms with van der Waals surface area (Å²) in [5, 5.41) is 8.00. The normalized spacial score (nSPS) is 15.8. The first-order valence-corrected chi connectivity index (χ1v) is 13.4. The zero-order valence-electron chi connectivity index (χ0n) is 22.1. The molecule has 0 spiro atoms. The predicted octanol–water partition coefficient (Wildman–Crippen LogP) is 2.05. The number of likely N-dealkylation sites (N-methyl/N-ethyl adjacent to an activating group) is 1. The number of hydrazine groups is 1. The van der Waals surface area contributed by atoms with Crippen LogP contribution in [0, 0.1) is 0 Å². The Morgan fingerprint density at radius 1 is 0.974 bits per heavy atom. The van der Waals surface area contributed by atoms with Crippen LogP contribution in [0.25, 0.3) is 0 Å². The van der Waals surface area contributed by atoms with Gasteiger partial charge in [0.25, 0.3) is 5.91 Å². The third-order valence-electron chi connectivity index (χ3n) is 6.52. The molecule has 39 heavy (non-hydrogen) atoms. The molecule has 13 nitrogen and oxygen atoms in total. The van der Waals surface area contributed by atoms with E-state index in [0.717, 1.165) is 36.8 Å². The number of methoxy groups -OCH3 is 2. The van der Waals surface area contributed by atoms with E-state index in [2.05, 4.69) is 47.9 Å². The van der Waals surface area contributed by atoms with E-state index in [1.807, 2.05) is 5.01 Å². The van der Waals surface area contributed by atoms with Crippen LogP contribution in [-0.2, 0) is 13.0 Å². The van der Waals surface area contributed by atoms with Gasteiger partial charge in [0.2, 0.25) is 5.88 Å². The monoisotopic (exact) mass is 553 g/mol. The molecular formula is C25H31N9O4S. The molecule has 0 saturated carbocycles. The number of nitrogens with zero attached hydrogens (tertiary/aromatic N) is 6. The van der Waals surface area contributed by atoms with Gasteiger partial charge in [-0.25, -0.2) is 14.8 Å². The number of piperazine rings is 1. The van der Waals surface area contributed by atoms with Gasteiger partial charge in [-0.1, -0.05) is 23.5 Å². The van der Waals surface area contributed by atoms with Crippen LogP contribution in [0.1, 0.15) is 20.9 Å². The first-order valence-electron chi connectivity index (χ1n) is 12.5. The molecule has 0 radical (unpaired) electrons. The van der Waals surface area contributed by atoms with Gasteiger partial charge < -0.3 is 24.6 Å². The van der Waals surface area contributed by atoms with E-state index in [-0.39, 0.29) is 11.9 Å². The molecule has 5 rings (SSSR count). The van der Waals surface area contributed by atoms with Crippen molar-refractivity contribution < 1.29 is 19.1 Å². The largest absolute Gasteiger partial charge is 0.481 e. The minimum Gasteiger partial charge on any atom is -0.481 e. The molecule has 3 aromatic rings. The van der Waals surface area contributed by atoms with E-state index in [1.54, 1.807) is 37.4 Å². The van der Waals surface area contributed by atoms with Crippen molar-refractivity contribution >= 4 is 39.9 Å². The van der Waals surface area contributed by atoms with Crippen molar-refractivity contribution in [1.29, 1.82) is 0 Å². The molecule has 0 unspecified atom stereocenters. The number of anilines is 3. The van der Waals surface area contributed by atoms with Crippen molar-refractivity contribution in [3.63, 3.8) is 0 Å². The second-order valence-electron chi connectivity index (χ2n) is 9.17. The molecule has 2 aliphatic rings. The summed E-state index contributed by atoms with van der Waals surface area (Å²) in [4.78, 5) is 44.3. The van der Waals surface area contributed by atoms with Gasteiger partial charge >= 0.3 is 12.0 Å². The van der Waals surface area contributed by atoms with Gasteiger partial charge in [0.05, 0.1) is 37.7 Å². The van der Waals surface area contributed by atoms with Gasteiger partial charge in [-0.3, -0.25) is 15.5 Å². The zero-order valence-corrected chi connectivity index (χ0v) is 22.9. The third-order valence-corrected chi connectivity index (χ3v) is 7.52. The molecule has 2 aromatic heterocycles. The molecule has 3 N–H and O–H groups in total. The predicted molar refractivity (Wildman–Crippen MR) is 148 cm³/mol. The minimum absolute atomic E-state index is 0.232. The maximum Gasteiger partial charge on any atom is 0.325 e. The Morgan fingerprint density at radius 3 is 2.54 bits per heavy atom. The van der Waals surface area contributed by atoms with E-state index < -0.39 is 6.03 Å². The number of benzene rings is 1. The van der Waals surface area contributed by atoms with Crippen LogP contribution in [0.3, 0.4) is 0 Å². The molecule has 1 saturated heterocycles. The summed E-state index contributed by atoms with van der Waals surface area (Å²) < 4.78 is 10.5. The quantitative estimate of drug-likeness (QED) is 0.399. The number of amides is 3. The highest BCUT2D eigenvalue weighted by Gasteiger charge is 2.24. The Hall–Kier alpha value is -4.01. The van der Waals surface area contributed by atoms with Crippen molar-refractivity contribution in [2.75, 3.05) is 69.5 Å². The van der Waals surface area contributed by atoms with E-state index in [0.29, 0.717) is 47.6 Å². The number of carbonyl (C=O) groups is 2. The fraction of sp³-hybridized carbons (Fsp3) is 0.400. The second kappa shape index (κ2) is 11.8. The summed E-state index contributed by atoms with van der Waals surface area (Å²) in [5.74, 6) is 0.846. The van der Waals surface area contributed by atoms with E-state index >= 15 is 0 Å². The molecule has 206 valence electrons. The molecule has 14 heteroatoms. The van der Waals surface area contributed by atoms with Crippen molar-refractivity contribution in [2.24, 2.45) is 0 Å². The van der Waals surface area contributed by atoms with Gasteiger partial charge in [0.15, 0.2) is 5.13 Å². The highest BCUT2D eigenvalue weighted by molar-refractivity contribution is 7.15. The van der Waals surface area contributed by atoms with Crippen molar-refractivity contribution in [2.45, 2.75) is 13.0 Å². The number of hydrogen-bond donors (Lipinski definition) is 3. The highest BCUT2D eigenvalue weighted by atomic mass is 32.1. The highest BCUT2D eigenvalue weighted by Crippen LogP contribution is 2.31. The van der Waals surface area contributed by atoms with Crippen LogP contribution < -0.4 is 30.4 Å². The van der Waals surface area contributed by atoms with Crippen molar-refractivity contribution in [3.8, 4) is 11.9 Å². The molecule has 4 heterocycles. The number of para-hydroxylation sites is 1. The van der Waals surface area contributed by atoms with Crippen molar-refractivity contribution in [3.05, 3.63) is 46.5 Å². The zero-order chi connectivity index (χ0) is 27.4. The SMILES string of the molecule is COc1cc(N2CCc3nc(NC(=O)Nc4ccccc4C(=O)NN4CCN(C)CC4)sc3C2)nc(OC)n1. The number of thiazole rings is 1. The van der Waals surface area contributed by atoms with Crippen molar-refractivity contribution in [1.82, 2.24) is 30.3 Å². The third kappa shape index (κ3) is 6.35. The average Bonchev–Trinajstić information content (AvgIpc) is 3.35. The maximum atomic E-state index is 12.9. The standard InChI is InChI=1S/C25H31N9O4S/c1-32-10-12-34(13-11-32)31-22(35)16-6-4-5-7-17(16)26-23(36)30-25-27-18-8-9-33(15-19(18)39-25)20-14-21(37-2)29-24(28-20)38-3/h4-7,14H,8-13,15H2,1-3H3,(H,31,35)(H2,26,27,30,36). The fourth-order valence-electron chi connectivity index (χ4n) is 4.36. The summed E-state index contributed by atoms with van der Waals surface area (Å²) in [6.07, 6.45) is 0.694. The number of hydrogen-bond acceptors (Lipinski definition) is 11. The molecular weight excluding hydrogens is 522 g/mol. The molecule has 3 amide bonds. The number of aromatic nitrogens is 3. The number of carbonyl (C=O) groups excluding carboxylic acids is 2. The Labute approximate surface area is 230 Å². The Kier molecular flexibility index (Phi) is 8.05. The molecule has 0 aliphatic carbocycles. The lowest BCUT2D eigenvalue weighted by Gasteiger charge is -2.32. The lowest BCUT2D eigenvalue weighted by Crippen LogP contribution is -2.52. The van der Waals surface area contributed by atoms with Crippen LogP contribution in [0.5, 0.6) is 11.9 Å². The Morgan fingerprint density at radius 2 is 1.77 bits per heavy atom. The number of ether oxygens (including phenoxy) is 2. The van der Waals surface area contributed by atoms with Gasteiger partial charge in [0.1, 0.15) is 5.82 Å². The number of urea groups is 1. The maximum absolute atomic E-state index is 12.9. The smallest absolute Gasteiger partial charge is 0.325 e. The molecule has 1 aromatic carbocycles. The molecule has 0 atom stereocenters. The van der Waals surface area contributed by atoms with E-state index in [4.69, 9.17) is 9.47 Å². The van der Waals surface area contributed by atoms with Crippen LogP contribution in [0.2, 0.25) is 0 Å². The summed E-state index contributed by atoms with van der Waals surface area (Å²) in [6, 6.07) is 8.46. The molecule has 2 aliphatic heterocycles. The van der Waals surface area contributed by atoms with E-state index in [9.17, 15) is 9.59 Å². The summed E-state index contributed by atoms with van der Waals surface area (Å²) >= 11 is 1.41. The average molecular weight is 554 g/mol. The molecule has 1 fully saturated rings. The Balaban J connectivity index is 1.22. The number of nitrogens with one attached hydrogen (secondary N) is 3. The van der Waals surface area contributed by atoms with Gasteiger partial charge in [-0.2, -0.15) is 9.97 Å². The topological polar surface area (TPSA) is 137 Å². The van der Waals surface area contributed by atoms with Crippen LogP contribution in [0.15, 0.2) is 30.3 Å². The van der Waals surface area contributed by atoms with Gasteiger partial charge in [-0.15, -0.1) is 0 Å². The first kappa shape index (κ1) is 26.6. The lowest BCUT2D eigenvalue weighted by atomic mass is 10.1. The van der Waals surface area contributed by atoms with Crippen LogP contribution in [0.4, 0.5) is 21.4 Å². The Bertz CT molecular complexity index is 1320. The number of rotatable bonds is 7. The van der Waals surface area contributed by atoms with Gasteiger partial charge in [0, 0.05) is 50.1 Å². The summed E-state index contributed by atoms with van der Waals surface area (Å²) in [7, 11) is 5.11. The minimum atomic E-state index is -0.469. The van der Waals surface area contributed by atoms with Gasteiger partial charge in [-0.05, 0) is 19.2 Å². The fourth-order valence-corrected chi connectivity index (χ4v) is 5.38.